The van der Waals surface area contributed by atoms with Crippen molar-refractivity contribution in [3.63, 3.8) is 0 Å². The lowest BCUT2D eigenvalue weighted by Crippen LogP contribution is -1.95. The number of hydrogen-bond acceptors (Lipinski definition) is 4. The van der Waals surface area contributed by atoms with Gasteiger partial charge in [-0.05, 0) is 18.2 Å². The Balaban J connectivity index is 2.16. The summed E-state index contributed by atoms with van der Waals surface area (Å²) in [5.74, 6) is 0.643. The van der Waals surface area contributed by atoms with Crippen molar-refractivity contribution in [2.45, 2.75) is 0 Å². The summed E-state index contributed by atoms with van der Waals surface area (Å²) in [6.45, 7) is 0. The number of nitrogens with one attached hydrogen (secondary N) is 1. The molecule has 0 radical (unpaired) electrons. The summed E-state index contributed by atoms with van der Waals surface area (Å²) >= 11 is 0. The highest BCUT2D eigenvalue weighted by atomic mass is 19.1. The molecule has 0 fully saturated rings. The van der Waals surface area contributed by atoms with Crippen molar-refractivity contribution in [3.05, 3.63) is 42.3 Å². The molecule has 0 saturated heterocycles. The molecular formula is C13H10FN3O. The molecule has 1 N–H and O–H groups in total. The Morgan fingerprint density at radius 2 is 2.17 bits per heavy atom. The highest BCUT2D eigenvalue weighted by Crippen LogP contribution is 2.28. The molecular weight excluding hydrogens is 233 g/mol. The van der Waals surface area contributed by atoms with Gasteiger partial charge in [-0.3, -0.25) is 0 Å². The minimum absolute atomic E-state index is 0.247. The minimum atomic E-state index is -0.373. The third kappa shape index (κ3) is 1.69. The van der Waals surface area contributed by atoms with Gasteiger partial charge in [0.05, 0.1) is 0 Å². The molecule has 2 aromatic heterocycles. The lowest BCUT2D eigenvalue weighted by Gasteiger charge is -1.99. The quantitative estimate of drug-likeness (QED) is 0.751. The van der Waals surface area contributed by atoms with E-state index in [0.717, 1.165) is 5.39 Å². The first-order chi connectivity index (χ1) is 8.78. The zero-order chi connectivity index (χ0) is 12.5. The van der Waals surface area contributed by atoms with E-state index in [1.807, 2.05) is 0 Å². The zero-order valence-electron chi connectivity index (χ0n) is 9.64. The molecule has 90 valence electrons. The summed E-state index contributed by atoms with van der Waals surface area (Å²) in [7, 11) is 1.73. The highest BCUT2D eigenvalue weighted by molar-refractivity contribution is 5.82. The van der Waals surface area contributed by atoms with Crippen molar-refractivity contribution in [2.24, 2.45) is 0 Å². The zero-order valence-corrected chi connectivity index (χ0v) is 9.64. The fourth-order valence-corrected chi connectivity index (χ4v) is 1.77. The normalized spacial score (nSPS) is 10.8. The number of hydrogen-bond donors (Lipinski definition) is 1. The molecule has 0 atom stereocenters. The number of halogens is 1. The predicted molar refractivity (Wildman–Crippen MR) is 66.7 cm³/mol. The fourth-order valence-electron chi connectivity index (χ4n) is 1.77. The predicted octanol–water partition coefficient (Wildman–Crippen LogP) is 3.07. The third-order valence-electron chi connectivity index (χ3n) is 2.63. The van der Waals surface area contributed by atoms with Gasteiger partial charge in [0.15, 0.2) is 17.2 Å². The van der Waals surface area contributed by atoms with Crippen LogP contribution in [0.2, 0.25) is 0 Å². The third-order valence-corrected chi connectivity index (χ3v) is 2.63. The van der Waals surface area contributed by atoms with E-state index in [0.29, 0.717) is 17.4 Å². The van der Waals surface area contributed by atoms with Crippen LogP contribution in [0.1, 0.15) is 0 Å². The van der Waals surface area contributed by atoms with Crippen LogP contribution in [0, 0.1) is 5.82 Å². The first kappa shape index (κ1) is 10.7. The molecule has 0 aliphatic heterocycles. The minimum Gasteiger partial charge on any atom is -0.451 e. The molecule has 3 rings (SSSR count). The van der Waals surface area contributed by atoms with Gasteiger partial charge in [0.25, 0.3) is 0 Å². The van der Waals surface area contributed by atoms with Crippen LogP contribution in [0.3, 0.4) is 0 Å². The standard InChI is InChI=1S/C13H10FN3O/c1-15-13-16-6-5-10(17-13)11-7-8-3-2-4-9(14)12(8)18-11/h2-7H,1H3,(H,15,16,17). The van der Waals surface area contributed by atoms with Gasteiger partial charge in [-0.1, -0.05) is 12.1 Å². The number of aromatic nitrogens is 2. The highest BCUT2D eigenvalue weighted by Gasteiger charge is 2.10. The summed E-state index contributed by atoms with van der Waals surface area (Å²) in [6, 6.07) is 8.30. The Kier molecular flexibility index (Phi) is 2.44. The van der Waals surface area contributed by atoms with Crippen molar-refractivity contribution in [2.75, 3.05) is 12.4 Å². The van der Waals surface area contributed by atoms with Gasteiger partial charge in [0, 0.05) is 18.6 Å². The van der Waals surface area contributed by atoms with Crippen LogP contribution in [-0.2, 0) is 0 Å². The average molecular weight is 243 g/mol. The van der Waals surface area contributed by atoms with Crippen molar-refractivity contribution in [1.82, 2.24) is 9.97 Å². The Labute approximate surface area is 102 Å². The molecule has 3 aromatic rings. The monoisotopic (exact) mass is 243 g/mol. The summed E-state index contributed by atoms with van der Waals surface area (Å²) in [5, 5.41) is 3.56. The number of furan rings is 1. The van der Waals surface area contributed by atoms with E-state index in [-0.39, 0.29) is 11.4 Å². The van der Waals surface area contributed by atoms with E-state index >= 15 is 0 Å². The van der Waals surface area contributed by atoms with Gasteiger partial charge in [0.2, 0.25) is 5.95 Å². The molecule has 0 saturated carbocycles. The number of anilines is 1. The number of nitrogens with zero attached hydrogens (tertiary/aromatic N) is 2. The van der Waals surface area contributed by atoms with E-state index < -0.39 is 0 Å². The van der Waals surface area contributed by atoms with E-state index in [4.69, 9.17) is 4.42 Å². The number of fused-ring (bicyclic) bond motifs is 1. The largest absolute Gasteiger partial charge is 0.451 e. The van der Waals surface area contributed by atoms with Crippen LogP contribution in [0.15, 0.2) is 40.9 Å². The molecule has 4 nitrogen and oxygen atoms in total. The van der Waals surface area contributed by atoms with Gasteiger partial charge in [0.1, 0.15) is 5.69 Å². The van der Waals surface area contributed by atoms with Gasteiger partial charge < -0.3 is 9.73 Å². The summed E-state index contributed by atoms with van der Waals surface area (Å²) in [6.07, 6.45) is 1.62. The molecule has 0 aliphatic rings. The van der Waals surface area contributed by atoms with Crippen LogP contribution in [-0.4, -0.2) is 17.0 Å². The fraction of sp³-hybridized carbons (Fsp3) is 0.0769. The number of benzene rings is 1. The lowest BCUT2D eigenvalue weighted by molar-refractivity contribution is 0.567. The molecule has 0 aliphatic carbocycles. The molecule has 18 heavy (non-hydrogen) atoms. The first-order valence-corrected chi connectivity index (χ1v) is 5.47. The van der Waals surface area contributed by atoms with Gasteiger partial charge in [-0.25, -0.2) is 14.4 Å². The van der Waals surface area contributed by atoms with Crippen LogP contribution < -0.4 is 5.32 Å². The van der Waals surface area contributed by atoms with E-state index in [1.54, 1.807) is 37.5 Å². The van der Waals surface area contributed by atoms with Crippen LogP contribution in [0.5, 0.6) is 0 Å². The Morgan fingerprint density at radius 3 is 2.94 bits per heavy atom. The molecule has 0 amide bonds. The average Bonchev–Trinajstić information content (AvgIpc) is 2.84. The van der Waals surface area contributed by atoms with E-state index in [1.165, 1.54) is 6.07 Å². The van der Waals surface area contributed by atoms with Gasteiger partial charge >= 0.3 is 0 Å². The Bertz CT molecular complexity index is 708. The summed E-state index contributed by atoms with van der Waals surface area (Å²) in [4.78, 5) is 8.26. The van der Waals surface area contributed by atoms with Crippen molar-refractivity contribution < 1.29 is 8.81 Å². The summed E-state index contributed by atoms with van der Waals surface area (Å²) < 4.78 is 19.0. The number of rotatable bonds is 2. The topological polar surface area (TPSA) is 51.0 Å². The van der Waals surface area contributed by atoms with E-state index in [9.17, 15) is 4.39 Å². The van der Waals surface area contributed by atoms with E-state index in [2.05, 4.69) is 15.3 Å². The molecule has 1 aromatic carbocycles. The first-order valence-electron chi connectivity index (χ1n) is 5.47. The Hall–Kier alpha value is -2.43. The van der Waals surface area contributed by atoms with Crippen LogP contribution in [0.25, 0.3) is 22.4 Å². The molecule has 0 spiro atoms. The second-order valence-electron chi connectivity index (χ2n) is 3.78. The van der Waals surface area contributed by atoms with Crippen molar-refractivity contribution in [3.8, 4) is 11.5 Å². The second kappa shape index (κ2) is 4.10. The molecule has 0 unspecified atom stereocenters. The Morgan fingerprint density at radius 1 is 1.28 bits per heavy atom. The summed E-state index contributed by atoms with van der Waals surface area (Å²) in [5.41, 5.74) is 0.863. The maximum absolute atomic E-state index is 13.5. The second-order valence-corrected chi connectivity index (χ2v) is 3.78. The maximum atomic E-state index is 13.5. The number of para-hydroxylation sites is 1. The van der Waals surface area contributed by atoms with Gasteiger partial charge in [-0.2, -0.15) is 0 Å². The molecule has 5 heteroatoms. The maximum Gasteiger partial charge on any atom is 0.223 e. The van der Waals surface area contributed by atoms with Crippen molar-refractivity contribution >= 4 is 16.9 Å². The van der Waals surface area contributed by atoms with Crippen LogP contribution >= 0.6 is 0 Å². The van der Waals surface area contributed by atoms with Crippen molar-refractivity contribution in [1.29, 1.82) is 0 Å². The SMILES string of the molecule is CNc1nccc(-c2cc3cccc(F)c3o2)n1. The van der Waals surface area contributed by atoms with Crippen LogP contribution in [0.4, 0.5) is 10.3 Å². The van der Waals surface area contributed by atoms with Gasteiger partial charge in [-0.15, -0.1) is 0 Å². The lowest BCUT2D eigenvalue weighted by atomic mass is 10.2. The molecule has 0 bridgehead atoms. The molecule has 2 heterocycles. The smallest absolute Gasteiger partial charge is 0.223 e.